The minimum atomic E-state index is -4.31. The van der Waals surface area contributed by atoms with Crippen molar-refractivity contribution in [3.63, 3.8) is 0 Å². The standard InChI is InChI=1S/C27H26N4O5S.H2/c1-16-12-17(2)25(18(3)13-16)36-27-21(10-11-22(29-27)20-7-4-6-19(14-20)15-32)26(33)31-37(34,35)24-9-5-8-23(28)30-24;/h4-14,32H,15H2,1-3H3,(H2,28,30)(H,31,33);1H. The highest BCUT2D eigenvalue weighted by atomic mass is 32.2. The predicted molar refractivity (Wildman–Crippen MR) is 142 cm³/mol. The third-order valence-electron chi connectivity index (χ3n) is 5.56. The zero-order valence-corrected chi connectivity index (χ0v) is 21.3. The molecule has 2 aromatic heterocycles. The molecule has 0 aliphatic rings. The Balaban J connectivity index is 0.00000400. The van der Waals surface area contributed by atoms with E-state index >= 15 is 0 Å². The number of nitrogens with two attached hydrogens (primary N) is 1. The lowest BCUT2D eigenvalue weighted by Crippen LogP contribution is -2.31. The lowest BCUT2D eigenvalue weighted by atomic mass is 10.1. The topological polar surface area (TPSA) is 144 Å². The van der Waals surface area contributed by atoms with E-state index in [9.17, 15) is 18.3 Å². The van der Waals surface area contributed by atoms with Gasteiger partial charge in [0.15, 0.2) is 5.03 Å². The molecule has 0 spiro atoms. The molecule has 4 N–H and O–H groups in total. The van der Waals surface area contributed by atoms with Crippen LogP contribution in [-0.2, 0) is 16.6 Å². The van der Waals surface area contributed by atoms with E-state index in [2.05, 4.69) is 9.97 Å². The van der Waals surface area contributed by atoms with Gasteiger partial charge in [-0.25, -0.2) is 14.7 Å². The lowest BCUT2D eigenvalue weighted by Gasteiger charge is -2.16. The van der Waals surface area contributed by atoms with Crippen molar-refractivity contribution < 1.29 is 24.5 Å². The highest BCUT2D eigenvalue weighted by molar-refractivity contribution is 7.90. The first-order chi connectivity index (χ1) is 17.6. The third-order valence-corrected chi connectivity index (χ3v) is 6.79. The van der Waals surface area contributed by atoms with Crippen LogP contribution in [-0.4, -0.2) is 29.4 Å². The van der Waals surface area contributed by atoms with Gasteiger partial charge in [0.1, 0.15) is 17.1 Å². The molecule has 0 unspecified atom stereocenters. The number of ether oxygens (including phenoxy) is 1. The Kier molecular flexibility index (Phi) is 7.23. The second kappa shape index (κ2) is 10.4. The molecule has 37 heavy (non-hydrogen) atoms. The van der Waals surface area contributed by atoms with Crippen molar-refractivity contribution in [3.8, 4) is 22.9 Å². The van der Waals surface area contributed by atoms with Crippen molar-refractivity contribution in [2.45, 2.75) is 32.4 Å². The first-order valence-corrected chi connectivity index (χ1v) is 12.8. The number of nitrogens with one attached hydrogen (secondary N) is 1. The number of rotatable bonds is 7. The van der Waals surface area contributed by atoms with Crippen molar-refractivity contribution in [3.05, 3.63) is 94.5 Å². The van der Waals surface area contributed by atoms with E-state index < -0.39 is 15.9 Å². The molecular weight excluding hydrogens is 492 g/mol. The molecule has 0 saturated heterocycles. The average Bonchev–Trinajstić information content (AvgIpc) is 2.86. The number of amides is 1. The minimum Gasteiger partial charge on any atom is -0.438 e. The summed E-state index contributed by atoms with van der Waals surface area (Å²) in [5.41, 5.74) is 10.1. The second-order valence-corrected chi connectivity index (χ2v) is 10.2. The molecule has 192 valence electrons. The van der Waals surface area contributed by atoms with Gasteiger partial charge in [0.2, 0.25) is 5.88 Å². The fourth-order valence-corrected chi connectivity index (χ4v) is 4.86. The van der Waals surface area contributed by atoms with Gasteiger partial charge in [0, 0.05) is 6.99 Å². The van der Waals surface area contributed by atoms with E-state index in [1.165, 1.54) is 24.3 Å². The summed E-state index contributed by atoms with van der Waals surface area (Å²) in [6.45, 7) is 5.57. The number of carbonyl (C=O) groups excluding carboxylic acids is 1. The van der Waals surface area contributed by atoms with Gasteiger partial charge in [-0.05, 0) is 67.8 Å². The highest BCUT2D eigenvalue weighted by Gasteiger charge is 2.25. The number of hydrogen-bond acceptors (Lipinski definition) is 8. The lowest BCUT2D eigenvalue weighted by molar-refractivity contribution is 0.0978. The van der Waals surface area contributed by atoms with Crippen LogP contribution in [0.1, 0.15) is 34.0 Å². The van der Waals surface area contributed by atoms with Crippen molar-refractivity contribution in [1.29, 1.82) is 0 Å². The number of aliphatic hydroxyl groups is 1. The van der Waals surface area contributed by atoms with Gasteiger partial charge in [0.25, 0.3) is 15.9 Å². The second-order valence-electron chi connectivity index (χ2n) is 8.57. The Labute approximate surface area is 216 Å². The van der Waals surface area contributed by atoms with Crippen LogP contribution >= 0.6 is 0 Å². The largest absolute Gasteiger partial charge is 0.438 e. The van der Waals surface area contributed by atoms with E-state index in [-0.39, 0.29) is 30.3 Å². The van der Waals surface area contributed by atoms with Crippen LogP contribution in [0.25, 0.3) is 11.3 Å². The monoisotopic (exact) mass is 520 g/mol. The Hall–Kier alpha value is -4.28. The summed E-state index contributed by atoms with van der Waals surface area (Å²) in [7, 11) is -4.31. The molecule has 4 aromatic rings. The number of pyridine rings is 2. The smallest absolute Gasteiger partial charge is 0.281 e. The van der Waals surface area contributed by atoms with Crippen LogP contribution in [0.5, 0.6) is 11.6 Å². The van der Waals surface area contributed by atoms with Crippen LogP contribution in [0.4, 0.5) is 5.82 Å². The summed E-state index contributed by atoms with van der Waals surface area (Å²) in [5, 5.41) is 9.12. The number of aryl methyl sites for hydroxylation is 3. The van der Waals surface area contributed by atoms with Gasteiger partial charge < -0.3 is 15.6 Å². The Morgan fingerprint density at radius 3 is 2.38 bits per heavy atom. The Morgan fingerprint density at radius 1 is 1.00 bits per heavy atom. The summed E-state index contributed by atoms with van der Waals surface area (Å²) in [6, 6.07) is 18.1. The summed E-state index contributed by atoms with van der Waals surface area (Å²) in [6.07, 6.45) is 0. The molecule has 0 fully saturated rings. The number of benzene rings is 2. The maximum atomic E-state index is 13.2. The normalized spacial score (nSPS) is 11.2. The first-order valence-electron chi connectivity index (χ1n) is 11.3. The molecule has 9 nitrogen and oxygen atoms in total. The quantitative estimate of drug-likeness (QED) is 0.327. The Bertz CT molecular complexity index is 1590. The first kappa shape index (κ1) is 25.8. The number of aliphatic hydroxyl groups excluding tert-OH is 1. The zero-order valence-electron chi connectivity index (χ0n) is 20.5. The predicted octanol–water partition coefficient (Wildman–Crippen LogP) is 4.30. The molecule has 0 radical (unpaired) electrons. The van der Waals surface area contributed by atoms with Gasteiger partial charge in [-0.3, -0.25) is 4.79 Å². The molecule has 0 bridgehead atoms. The van der Waals surface area contributed by atoms with E-state index in [1.54, 1.807) is 24.3 Å². The summed E-state index contributed by atoms with van der Waals surface area (Å²) in [4.78, 5) is 21.6. The van der Waals surface area contributed by atoms with Gasteiger partial charge >= 0.3 is 0 Å². The van der Waals surface area contributed by atoms with E-state index in [1.807, 2.05) is 43.7 Å². The van der Waals surface area contributed by atoms with Crippen LogP contribution in [0.3, 0.4) is 0 Å². The molecule has 0 saturated carbocycles. The summed E-state index contributed by atoms with van der Waals surface area (Å²) < 4.78 is 33.8. The van der Waals surface area contributed by atoms with Crippen molar-refractivity contribution in [1.82, 2.24) is 14.7 Å². The van der Waals surface area contributed by atoms with E-state index in [0.717, 1.165) is 16.7 Å². The van der Waals surface area contributed by atoms with Gasteiger partial charge in [-0.15, -0.1) is 0 Å². The SMILES string of the molecule is Cc1cc(C)c(Oc2nc(-c3cccc(CO)c3)ccc2C(=O)NS(=O)(=O)c2cccc(N)n2)c(C)c1.[HH]. The summed E-state index contributed by atoms with van der Waals surface area (Å²) >= 11 is 0. The van der Waals surface area contributed by atoms with Crippen LogP contribution in [0.2, 0.25) is 0 Å². The Morgan fingerprint density at radius 2 is 1.70 bits per heavy atom. The van der Waals surface area contributed by atoms with E-state index in [0.29, 0.717) is 22.6 Å². The third kappa shape index (κ3) is 5.76. The fourth-order valence-electron chi connectivity index (χ4n) is 3.92. The average molecular weight is 521 g/mol. The molecule has 0 aliphatic heterocycles. The van der Waals surface area contributed by atoms with Gasteiger partial charge in [-0.1, -0.05) is 42.0 Å². The summed E-state index contributed by atoms with van der Waals surface area (Å²) in [5.74, 6) is -0.505. The minimum absolute atomic E-state index is 0. The van der Waals surface area contributed by atoms with Gasteiger partial charge in [-0.2, -0.15) is 8.42 Å². The maximum absolute atomic E-state index is 13.2. The molecule has 2 heterocycles. The highest BCUT2D eigenvalue weighted by Crippen LogP contribution is 2.33. The molecule has 0 aliphatic carbocycles. The van der Waals surface area contributed by atoms with Gasteiger partial charge in [0.05, 0.1) is 12.3 Å². The van der Waals surface area contributed by atoms with Crippen LogP contribution in [0.15, 0.2) is 71.8 Å². The maximum Gasteiger partial charge on any atom is 0.281 e. The van der Waals surface area contributed by atoms with Crippen molar-refractivity contribution in [2.75, 3.05) is 5.73 Å². The molecular formula is C27H28N4O5S. The number of nitrogen functional groups attached to an aromatic ring is 1. The molecule has 2 aromatic carbocycles. The molecule has 10 heteroatoms. The number of anilines is 1. The van der Waals surface area contributed by atoms with E-state index in [4.69, 9.17) is 10.5 Å². The number of nitrogens with zero attached hydrogens (tertiary/aromatic N) is 2. The molecule has 1 amide bonds. The molecule has 4 rings (SSSR count). The molecule has 0 atom stereocenters. The van der Waals surface area contributed by atoms with Crippen LogP contribution < -0.4 is 15.2 Å². The van der Waals surface area contributed by atoms with Crippen LogP contribution in [0, 0.1) is 20.8 Å². The number of hydrogen-bond donors (Lipinski definition) is 3. The number of carbonyl (C=O) groups is 1. The number of aromatic nitrogens is 2. The fraction of sp³-hybridized carbons (Fsp3) is 0.148. The number of sulfonamides is 1. The zero-order chi connectivity index (χ0) is 26.7. The van der Waals surface area contributed by atoms with Crippen molar-refractivity contribution in [2.24, 2.45) is 0 Å². The van der Waals surface area contributed by atoms with Crippen molar-refractivity contribution >= 4 is 21.7 Å².